The number of carbonyl (C=O) groups is 1. The average molecular weight is 326 g/mol. The van der Waals surface area contributed by atoms with Crippen LogP contribution in [-0.2, 0) is 20.9 Å². The molecule has 0 radical (unpaired) electrons. The smallest absolute Gasteiger partial charge is 0.363 e. The van der Waals surface area contributed by atoms with E-state index in [0.717, 1.165) is 12.0 Å². The Morgan fingerprint density at radius 1 is 1.23 bits per heavy atom. The first-order chi connectivity index (χ1) is 10.2. The van der Waals surface area contributed by atoms with Crippen molar-refractivity contribution in [2.75, 3.05) is 0 Å². The van der Waals surface area contributed by atoms with Gasteiger partial charge in [0.15, 0.2) is 0 Å². The summed E-state index contributed by atoms with van der Waals surface area (Å²) in [6.07, 6.45) is 3.52. The molecule has 0 saturated heterocycles. The minimum Gasteiger partial charge on any atom is -0.594 e. The van der Waals surface area contributed by atoms with E-state index in [2.05, 4.69) is 27.7 Å². The van der Waals surface area contributed by atoms with Gasteiger partial charge in [-0.15, -0.1) is 0 Å². The first kappa shape index (κ1) is 20.8. The Morgan fingerprint density at radius 2 is 1.68 bits per heavy atom. The van der Waals surface area contributed by atoms with Gasteiger partial charge in [-0.3, -0.25) is 0 Å². The fourth-order valence-electron chi connectivity index (χ4n) is 1.74. The van der Waals surface area contributed by atoms with Crippen LogP contribution in [0.15, 0.2) is 24.3 Å². The molecule has 0 saturated carbocycles. The SMILES string of the molecule is CC(C)Cc1ccc(C(C)(C(=O)O)[P+](=O)[O-])cc1.CCCC. The van der Waals surface area contributed by atoms with E-state index in [1.54, 1.807) is 24.3 Å². The van der Waals surface area contributed by atoms with Crippen molar-refractivity contribution < 1.29 is 19.4 Å². The zero-order valence-corrected chi connectivity index (χ0v) is 15.0. The summed E-state index contributed by atoms with van der Waals surface area (Å²) in [6, 6.07) is 6.73. The second-order valence-corrected chi connectivity index (χ2v) is 7.34. The highest BCUT2D eigenvalue weighted by molar-refractivity contribution is 7.39. The van der Waals surface area contributed by atoms with E-state index in [0.29, 0.717) is 11.5 Å². The maximum absolute atomic E-state index is 11.2. The van der Waals surface area contributed by atoms with Crippen LogP contribution in [0.3, 0.4) is 0 Å². The molecule has 0 aromatic heterocycles. The second-order valence-electron chi connectivity index (χ2n) is 5.93. The van der Waals surface area contributed by atoms with E-state index in [1.807, 2.05) is 0 Å². The second kappa shape index (κ2) is 9.70. The van der Waals surface area contributed by atoms with E-state index in [4.69, 9.17) is 5.11 Å². The Hall–Kier alpha value is -1.25. The quantitative estimate of drug-likeness (QED) is 0.799. The highest BCUT2D eigenvalue weighted by atomic mass is 31.1. The largest absolute Gasteiger partial charge is 0.594 e. The zero-order chi connectivity index (χ0) is 17.3. The van der Waals surface area contributed by atoms with Crippen molar-refractivity contribution in [2.45, 2.75) is 59.0 Å². The predicted molar refractivity (Wildman–Crippen MR) is 88.2 cm³/mol. The van der Waals surface area contributed by atoms with Gasteiger partial charge in [-0.1, -0.05) is 69.4 Å². The molecule has 0 spiro atoms. The van der Waals surface area contributed by atoms with E-state index in [9.17, 15) is 14.3 Å². The van der Waals surface area contributed by atoms with Crippen LogP contribution in [0, 0.1) is 5.92 Å². The van der Waals surface area contributed by atoms with Gasteiger partial charge in [-0.05, 0) is 17.9 Å². The van der Waals surface area contributed by atoms with Crippen molar-refractivity contribution in [3.8, 4) is 0 Å². The molecule has 1 aromatic rings. The van der Waals surface area contributed by atoms with Gasteiger partial charge in [-0.2, -0.15) is 0 Å². The van der Waals surface area contributed by atoms with Crippen molar-refractivity contribution in [2.24, 2.45) is 5.92 Å². The molecule has 0 amide bonds. The minimum atomic E-state index is -3.09. The molecule has 2 atom stereocenters. The van der Waals surface area contributed by atoms with Crippen LogP contribution >= 0.6 is 8.03 Å². The van der Waals surface area contributed by atoms with Crippen molar-refractivity contribution in [3.63, 3.8) is 0 Å². The highest BCUT2D eigenvalue weighted by Gasteiger charge is 2.48. The molecular weight excluding hydrogens is 299 g/mol. The molecule has 0 aliphatic carbocycles. The number of rotatable bonds is 6. The van der Waals surface area contributed by atoms with Crippen LogP contribution in [0.25, 0.3) is 0 Å². The van der Waals surface area contributed by atoms with Gasteiger partial charge in [0.2, 0.25) is 0 Å². The van der Waals surface area contributed by atoms with Crippen molar-refractivity contribution in [1.82, 2.24) is 0 Å². The fraction of sp³-hybridized carbons (Fsp3) is 0.588. The fourth-order valence-corrected chi connectivity index (χ4v) is 2.26. The number of carboxylic acids is 1. The van der Waals surface area contributed by atoms with E-state index < -0.39 is 19.2 Å². The molecule has 0 aliphatic rings. The Morgan fingerprint density at radius 3 is 1.95 bits per heavy atom. The minimum absolute atomic E-state index is 0.290. The number of hydrogen-bond acceptors (Lipinski definition) is 3. The van der Waals surface area contributed by atoms with Crippen LogP contribution in [0.2, 0.25) is 0 Å². The summed E-state index contributed by atoms with van der Waals surface area (Å²) in [5.74, 6) is -0.854. The maximum Gasteiger partial charge on any atom is 0.363 e. The summed E-state index contributed by atoms with van der Waals surface area (Å²) in [6.45, 7) is 9.74. The molecule has 0 heterocycles. The molecule has 4 nitrogen and oxygen atoms in total. The third-order valence-electron chi connectivity index (χ3n) is 3.44. The molecule has 0 fully saturated rings. The van der Waals surface area contributed by atoms with Gasteiger partial charge in [-0.25, -0.2) is 4.79 Å². The molecule has 0 aliphatic heterocycles. The molecular formula is C17H27O4P. The van der Waals surface area contributed by atoms with E-state index >= 15 is 0 Å². The van der Waals surface area contributed by atoms with Crippen LogP contribution < -0.4 is 4.89 Å². The zero-order valence-electron chi connectivity index (χ0n) is 14.1. The normalized spacial score (nSPS) is 13.9. The van der Waals surface area contributed by atoms with Gasteiger partial charge in [0.25, 0.3) is 5.16 Å². The van der Waals surface area contributed by atoms with Gasteiger partial charge in [0, 0.05) is 12.5 Å². The summed E-state index contributed by atoms with van der Waals surface area (Å²) >= 11 is 0. The van der Waals surface area contributed by atoms with Crippen LogP contribution in [0.5, 0.6) is 0 Å². The standard InChI is InChI=1S/C13H17O4P.C4H10/c1-9(2)8-10-4-6-11(7-5-10)13(3,12(14)15)18(16)17;1-3-4-2/h4-7,9H,8H2,1-3H3,(H,14,15);3-4H2,1-2H3. The first-order valence-corrected chi connectivity index (χ1v) is 8.85. The highest BCUT2D eigenvalue weighted by Crippen LogP contribution is 2.41. The summed E-state index contributed by atoms with van der Waals surface area (Å²) in [4.78, 5) is 22.3. The predicted octanol–water partition coefficient (Wildman–Crippen LogP) is 4.09. The molecule has 2 unspecified atom stereocenters. The number of unbranched alkanes of at least 4 members (excludes halogenated alkanes) is 1. The summed E-state index contributed by atoms with van der Waals surface area (Å²) in [5.41, 5.74) is 1.36. The topological polar surface area (TPSA) is 77.4 Å². The lowest BCUT2D eigenvalue weighted by Gasteiger charge is -2.16. The first-order valence-electron chi connectivity index (χ1n) is 7.67. The molecule has 0 bridgehead atoms. The van der Waals surface area contributed by atoms with Gasteiger partial charge in [0.1, 0.15) is 0 Å². The average Bonchev–Trinajstić information content (AvgIpc) is 2.46. The Bertz CT molecular complexity index is 464. The third kappa shape index (κ3) is 5.86. The number of benzene rings is 1. The number of aliphatic carboxylic acids is 1. The molecule has 22 heavy (non-hydrogen) atoms. The van der Waals surface area contributed by atoms with Gasteiger partial charge >= 0.3 is 14.0 Å². The lowest BCUT2D eigenvalue weighted by Crippen LogP contribution is -2.31. The summed E-state index contributed by atoms with van der Waals surface area (Å²) in [5, 5.41) is 7.23. The van der Waals surface area contributed by atoms with Crippen LogP contribution in [-0.4, -0.2) is 11.1 Å². The third-order valence-corrected chi connectivity index (χ3v) is 4.62. The molecule has 1 aromatic carbocycles. The maximum atomic E-state index is 11.2. The Kier molecular flexibility index (Phi) is 9.15. The number of carboxylic acid groups (broad SMARTS) is 1. The lowest BCUT2D eigenvalue weighted by atomic mass is 9.96. The molecule has 124 valence electrons. The van der Waals surface area contributed by atoms with Crippen molar-refractivity contribution in [1.29, 1.82) is 0 Å². The van der Waals surface area contributed by atoms with Gasteiger partial charge < -0.3 is 10.00 Å². The van der Waals surface area contributed by atoms with E-state index in [1.165, 1.54) is 19.8 Å². The van der Waals surface area contributed by atoms with Crippen LogP contribution in [0.1, 0.15) is 58.6 Å². The number of hydrogen-bond donors (Lipinski definition) is 1. The van der Waals surface area contributed by atoms with Crippen LogP contribution in [0.4, 0.5) is 0 Å². The van der Waals surface area contributed by atoms with Crippen molar-refractivity contribution >= 4 is 14.0 Å². The Labute approximate surface area is 134 Å². The summed E-state index contributed by atoms with van der Waals surface area (Å²) in [7, 11) is -3.09. The molecule has 5 heteroatoms. The lowest BCUT2D eigenvalue weighted by molar-refractivity contribution is -0.173. The molecule has 1 rings (SSSR count). The molecule has 1 N–H and O–H groups in total. The van der Waals surface area contributed by atoms with E-state index in [-0.39, 0.29) is 0 Å². The van der Waals surface area contributed by atoms with Gasteiger partial charge in [0.05, 0.1) is 0 Å². The monoisotopic (exact) mass is 326 g/mol. The summed E-state index contributed by atoms with van der Waals surface area (Å²) < 4.78 is 11.2. The Balaban J connectivity index is 0.000000980. The van der Waals surface area contributed by atoms with Crippen molar-refractivity contribution in [3.05, 3.63) is 35.4 Å².